The Morgan fingerprint density at radius 3 is 2.64 bits per heavy atom. The highest BCUT2D eigenvalue weighted by Gasteiger charge is 2.24. The van der Waals surface area contributed by atoms with Crippen LogP contribution >= 0.6 is 0 Å². The van der Waals surface area contributed by atoms with E-state index in [1.54, 1.807) is 21.0 Å². The molecule has 7 heteroatoms. The molecule has 1 N–H and O–H groups in total. The number of nitrogens with zero attached hydrogens (tertiary/aromatic N) is 4. The summed E-state index contributed by atoms with van der Waals surface area (Å²) < 4.78 is 13.0. The molecule has 0 spiro atoms. The second kappa shape index (κ2) is 8.92. The molecule has 3 rings (SSSR count). The second-order valence-corrected chi connectivity index (χ2v) is 8.17. The zero-order valence-electron chi connectivity index (χ0n) is 17.4. The number of methoxy groups -OCH3 is 1. The molecule has 0 bridgehead atoms. The standard InChI is InChI=1S/C21H32N4O3/c1-16-9-7-8-12-24(16)13-20-22-19(23-25(20)15-21(2,3)26)14-28-18-11-6-5-10-17(18)27-4/h5-6,10-11,16,26H,7-9,12-15H2,1-4H3. The first kappa shape index (κ1) is 20.6. The quantitative estimate of drug-likeness (QED) is 0.749. The van der Waals surface area contributed by atoms with Gasteiger partial charge in [0, 0.05) is 6.04 Å². The normalized spacial score (nSPS) is 18.2. The van der Waals surface area contributed by atoms with E-state index in [1.165, 1.54) is 19.3 Å². The summed E-state index contributed by atoms with van der Waals surface area (Å²) >= 11 is 0. The Morgan fingerprint density at radius 2 is 1.96 bits per heavy atom. The largest absolute Gasteiger partial charge is 0.493 e. The highest BCUT2D eigenvalue weighted by atomic mass is 16.5. The molecule has 1 aliphatic heterocycles. The Bertz CT molecular complexity index is 769. The van der Waals surface area contributed by atoms with Gasteiger partial charge in [-0.25, -0.2) is 9.67 Å². The number of para-hydroxylation sites is 2. The maximum Gasteiger partial charge on any atom is 0.188 e. The van der Waals surface area contributed by atoms with E-state index in [-0.39, 0.29) is 6.61 Å². The van der Waals surface area contributed by atoms with Gasteiger partial charge in [-0.1, -0.05) is 18.6 Å². The predicted molar refractivity (Wildman–Crippen MR) is 107 cm³/mol. The Morgan fingerprint density at radius 1 is 1.21 bits per heavy atom. The van der Waals surface area contributed by atoms with Crippen molar-refractivity contribution >= 4 is 0 Å². The average molecular weight is 389 g/mol. The van der Waals surface area contributed by atoms with Gasteiger partial charge in [-0.2, -0.15) is 5.10 Å². The topological polar surface area (TPSA) is 72.6 Å². The first-order valence-electron chi connectivity index (χ1n) is 10.0. The van der Waals surface area contributed by atoms with E-state index < -0.39 is 5.60 Å². The first-order chi connectivity index (χ1) is 13.4. The number of hydrogen-bond donors (Lipinski definition) is 1. The molecule has 7 nitrogen and oxygen atoms in total. The summed E-state index contributed by atoms with van der Waals surface area (Å²) in [5.74, 6) is 2.82. The molecule has 0 amide bonds. The minimum Gasteiger partial charge on any atom is -0.493 e. The Kier molecular flexibility index (Phi) is 6.57. The van der Waals surface area contributed by atoms with E-state index in [9.17, 15) is 5.11 Å². The van der Waals surface area contributed by atoms with Gasteiger partial charge in [0.1, 0.15) is 12.4 Å². The molecule has 0 radical (unpaired) electrons. The van der Waals surface area contributed by atoms with E-state index in [0.29, 0.717) is 29.9 Å². The lowest BCUT2D eigenvalue weighted by atomic mass is 10.0. The van der Waals surface area contributed by atoms with Crippen LogP contribution in [-0.4, -0.2) is 50.1 Å². The summed E-state index contributed by atoms with van der Waals surface area (Å²) in [5.41, 5.74) is -0.864. The molecule has 2 aromatic rings. The maximum absolute atomic E-state index is 10.3. The monoisotopic (exact) mass is 388 g/mol. The lowest BCUT2D eigenvalue weighted by molar-refractivity contribution is 0.0545. The van der Waals surface area contributed by atoms with Gasteiger partial charge in [0.25, 0.3) is 0 Å². The van der Waals surface area contributed by atoms with Crippen molar-refractivity contribution < 1.29 is 14.6 Å². The molecule has 154 valence electrons. The number of likely N-dealkylation sites (tertiary alicyclic amines) is 1. The van der Waals surface area contributed by atoms with Crippen LogP contribution in [0.1, 0.15) is 51.7 Å². The summed E-state index contributed by atoms with van der Waals surface area (Å²) in [4.78, 5) is 7.17. The fraction of sp³-hybridized carbons (Fsp3) is 0.619. The first-order valence-corrected chi connectivity index (χ1v) is 10.0. The van der Waals surface area contributed by atoms with E-state index in [1.807, 2.05) is 28.9 Å². The van der Waals surface area contributed by atoms with E-state index >= 15 is 0 Å². The molecule has 1 fully saturated rings. The van der Waals surface area contributed by atoms with Crippen molar-refractivity contribution in [3.05, 3.63) is 35.9 Å². The van der Waals surface area contributed by atoms with Crippen molar-refractivity contribution in [1.82, 2.24) is 19.7 Å². The third-order valence-electron chi connectivity index (χ3n) is 5.04. The van der Waals surface area contributed by atoms with Crippen LogP contribution in [0.4, 0.5) is 0 Å². The van der Waals surface area contributed by atoms with Gasteiger partial charge < -0.3 is 14.6 Å². The van der Waals surface area contributed by atoms with Crippen LogP contribution in [0.5, 0.6) is 11.5 Å². The highest BCUT2D eigenvalue weighted by molar-refractivity contribution is 5.39. The van der Waals surface area contributed by atoms with Crippen molar-refractivity contribution in [3.63, 3.8) is 0 Å². The summed E-state index contributed by atoms with van der Waals surface area (Å²) in [6.07, 6.45) is 3.71. The van der Waals surface area contributed by atoms with Crippen LogP contribution in [0.3, 0.4) is 0 Å². The van der Waals surface area contributed by atoms with Crippen LogP contribution < -0.4 is 9.47 Å². The summed E-state index contributed by atoms with van der Waals surface area (Å²) in [6.45, 7) is 8.29. The zero-order chi connectivity index (χ0) is 20.1. The second-order valence-electron chi connectivity index (χ2n) is 8.17. The van der Waals surface area contributed by atoms with Crippen LogP contribution in [0.25, 0.3) is 0 Å². The van der Waals surface area contributed by atoms with Crippen LogP contribution in [-0.2, 0) is 19.7 Å². The minimum atomic E-state index is -0.864. The number of aromatic nitrogens is 3. The molecule has 2 heterocycles. The van der Waals surface area contributed by atoms with E-state index in [4.69, 9.17) is 14.5 Å². The van der Waals surface area contributed by atoms with Crippen LogP contribution in [0, 0.1) is 0 Å². The van der Waals surface area contributed by atoms with Crippen molar-refractivity contribution in [2.75, 3.05) is 13.7 Å². The van der Waals surface area contributed by atoms with Gasteiger partial charge in [0.2, 0.25) is 0 Å². The summed E-state index contributed by atoms with van der Waals surface area (Å²) in [7, 11) is 1.62. The Hall–Kier alpha value is -2.12. The highest BCUT2D eigenvalue weighted by Crippen LogP contribution is 2.26. The van der Waals surface area contributed by atoms with Crippen molar-refractivity contribution in [2.45, 2.75) is 71.4 Å². The molecular formula is C21H32N4O3. The van der Waals surface area contributed by atoms with Crippen molar-refractivity contribution in [2.24, 2.45) is 0 Å². The lowest BCUT2D eigenvalue weighted by Crippen LogP contribution is -2.38. The summed E-state index contributed by atoms with van der Waals surface area (Å²) in [5, 5.41) is 14.9. The number of aliphatic hydroxyl groups is 1. The number of piperidine rings is 1. The van der Waals surface area contributed by atoms with Gasteiger partial charge in [0.15, 0.2) is 17.3 Å². The van der Waals surface area contributed by atoms with Crippen molar-refractivity contribution in [3.8, 4) is 11.5 Å². The predicted octanol–water partition coefficient (Wildman–Crippen LogP) is 3.01. The van der Waals surface area contributed by atoms with Gasteiger partial charge in [0.05, 0.1) is 25.8 Å². The van der Waals surface area contributed by atoms with Crippen LogP contribution in [0.2, 0.25) is 0 Å². The Balaban J connectivity index is 1.76. The van der Waals surface area contributed by atoms with Gasteiger partial charge >= 0.3 is 0 Å². The molecule has 0 saturated carbocycles. The molecule has 0 aliphatic carbocycles. The minimum absolute atomic E-state index is 0.252. The Labute approximate surface area is 167 Å². The number of benzene rings is 1. The molecule has 1 aromatic carbocycles. The van der Waals surface area contributed by atoms with E-state index in [2.05, 4.69) is 16.9 Å². The number of hydrogen-bond acceptors (Lipinski definition) is 6. The lowest BCUT2D eigenvalue weighted by Gasteiger charge is -2.33. The van der Waals surface area contributed by atoms with Gasteiger partial charge in [-0.05, 0) is 52.3 Å². The smallest absolute Gasteiger partial charge is 0.188 e. The van der Waals surface area contributed by atoms with Gasteiger partial charge in [-0.15, -0.1) is 0 Å². The summed E-state index contributed by atoms with van der Waals surface area (Å²) in [6, 6.07) is 8.07. The number of ether oxygens (including phenoxy) is 2. The van der Waals surface area contributed by atoms with Crippen LogP contribution in [0.15, 0.2) is 24.3 Å². The molecule has 1 atom stereocenters. The fourth-order valence-electron chi connectivity index (χ4n) is 3.55. The molecule has 28 heavy (non-hydrogen) atoms. The molecule has 1 unspecified atom stereocenters. The third kappa shape index (κ3) is 5.45. The third-order valence-corrected chi connectivity index (χ3v) is 5.04. The number of rotatable bonds is 8. The fourth-order valence-corrected chi connectivity index (χ4v) is 3.55. The van der Waals surface area contributed by atoms with Gasteiger partial charge in [-0.3, -0.25) is 4.90 Å². The maximum atomic E-state index is 10.3. The van der Waals surface area contributed by atoms with Crippen molar-refractivity contribution in [1.29, 1.82) is 0 Å². The average Bonchev–Trinajstić information content (AvgIpc) is 3.01. The zero-order valence-corrected chi connectivity index (χ0v) is 17.4. The molecule has 1 saturated heterocycles. The van der Waals surface area contributed by atoms with E-state index in [0.717, 1.165) is 18.9 Å². The molecule has 1 aliphatic rings. The molecule has 1 aromatic heterocycles. The SMILES string of the molecule is COc1ccccc1OCc1nc(CN2CCCCC2C)n(CC(C)(C)O)n1. The molecular weight excluding hydrogens is 356 g/mol.